The minimum Gasteiger partial charge on any atom is -0.460 e. The van der Waals surface area contributed by atoms with Gasteiger partial charge in [0.2, 0.25) is 5.78 Å². The highest BCUT2D eigenvalue weighted by Crippen LogP contribution is 2.30. The zero-order chi connectivity index (χ0) is 11.7. The Labute approximate surface area is 92.8 Å². The van der Waals surface area contributed by atoms with Crippen LogP contribution in [-0.2, 0) is 0 Å². The van der Waals surface area contributed by atoms with Gasteiger partial charge >= 0.3 is 0 Å². The van der Waals surface area contributed by atoms with E-state index in [1.54, 1.807) is 19.1 Å². The molecule has 0 fully saturated rings. The van der Waals surface area contributed by atoms with Crippen LogP contribution in [0.15, 0.2) is 52.7 Å². The van der Waals surface area contributed by atoms with E-state index in [4.69, 9.17) is 4.42 Å². The van der Waals surface area contributed by atoms with Crippen LogP contribution in [0.5, 0.6) is 0 Å². The number of hydrogen-bond donors (Lipinski definition) is 0. The smallest absolute Gasteiger partial charge is 0.229 e. The molecular weight excluding hydrogens is 204 g/mol. The molecule has 3 heteroatoms. The molecule has 0 radical (unpaired) electrons. The number of allylic oxidation sites excluding steroid dienone is 5. The van der Waals surface area contributed by atoms with Crippen LogP contribution >= 0.6 is 0 Å². The van der Waals surface area contributed by atoms with E-state index < -0.39 is 0 Å². The maximum atomic E-state index is 12.0. The van der Waals surface area contributed by atoms with E-state index in [1.807, 2.05) is 0 Å². The Morgan fingerprint density at radius 2 is 2.00 bits per heavy atom. The van der Waals surface area contributed by atoms with Crippen molar-refractivity contribution in [1.82, 2.24) is 0 Å². The summed E-state index contributed by atoms with van der Waals surface area (Å²) in [6, 6.07) is 1.51. The summed E-state index contributed by atoms with van der Waals surface area (Å²) in [7, 11) is 0. The first kappa shape index (κ1) is 10.4. The maximum absolute atomic E-state index is 12.0. The van der Waals surface area contributed by atoms with Gasteiger partial charge in [0.1, 0.15) is 0 Å². The fourth-order valence-electron chi connectivity index (χ4n) is 1.75. The molecule has 80 valence electrons. The van der Waals surface area contributed by atoms with Gasteiger partial charge in [0, 0.05) is 11.1 Å². The van der Waals surface area contributed by atoms with Crippen LogP contribution in [0.3, 0.4) is 0 Å². The van der Waals surface area contributed by atoms with Crippen LogP contribution in [0.2, 0.25) is 0 Å². The molecule has 16 heavy (non-hydrogen) atoms. The highest BCUT2D eigenvalue weighted by atomic mass is 16.3. The van der Waals surface area contributed by atoms with Gasteiger partial charge in [0.25, 0.3) is 0 Å². The molecule has 0 atom stereocenters. The molecule has 0 aliphatic heterocycles. The Bertz CT molecular complexity index is 541. The molecule has 0 unspecified atom stereocenters. The normalized spacial score (nSPS) is 20.3. The fourth-order valence-corrected chi connectivity index (χ4v) is 1.75. The van der Waals surface area contributed by atoms with E-state index in [0.717, 1.165) is 0 Å². The van der Waals surface area contributed by atoms with Crippen LogP contribution in [0.4, 0.5) is 0 Å². The minimum absolute atomic E-state index is 0.124. The van der Waals surface area contributed by atoms with E-state index in [9.17, 15) is 9.59 Å². The fraction of sp³-hybridized carbons (Fsp3) is 0.0769. The van der Waals surface area contributed by atoms with Crippen molar-refractivity contribution in [3.63, 3.8) is 0 Å². The molecule has 0 saturated carbocycles. The van der Waals surface area contributed by atoms with Crippen LogP contribution in [0.25, 0.3) is 0 Å². The number of Topliss-reactive ketones (excluding diaryl/α,β-unsaturated/α-hetero) is 2. The number of carbonyl (C=O) groups is 2. The van der Waals surface area contributed by atoms with Crippen LogP contribution in [0, 0.1) is 0 Å². The van der Waals surface area contributed by atoms with Crippen LogP contribution < -0.4 is 0 Å². The number of rotatable bonds is 1. The topological polar surface area (TPSA) is 47.3 Å². The summed E-state index contributed by atoms with van der Waals surface area (Å²) in [6.07, 6.45) is 6.01. The molecule has 1 aromatic heterocycles. The van der Waals surface area contributed by atoms with Gasteiger partial charge in [0.05, 0.1) is 11.8 Å². The number of ketones is 2. The van der Waals surface area contributed by atoms with Gasteiger partial charge in [-0.1, -0.05) is 24.8 Å². The lowest BCUT2D eigenvalue weighted by atomic mass is 9.86. The van der Waals surface area contributed by atoms with Gasteiger partial charge in [-0.05, 0) is 13.0 Å². The summed E-state index contributed by atoms with van der Waals surface area (Å²) in [5, 5.41) is 0. The Kier molecular flexibility index (Phi) is 2.44. The predicted molar refractivity (Wildman–Crippen MR) is 59.4 cm³/mol. The maximum Gasteiger partial charge on any atom is 0.229 e. The number of carbonyl (C=O) groups excluding carboxylic acids is 2. The predicted octanol–water partition coefficient (Wildman–Crippen LogP) is 2.72. The summed E-state index contributed by atoms with van der Waals surface area (Å²) in [4.78, 5) is 24.0. The van der Waals surface area contributed by atoms with Gasteiger partial charge < -0.3 is 4.42 Å². The number of furan rings is 1. The van der Waals surface area contributed by atoms with Crippen molar-refractivity contribution in [2.75, 3.05) is 0 Å². The molecule has 0 N–H and O–H groups in total. The third-order valence-electron chi connectivity index (χ3n) is 2.47. The number of hydrogen-bond acceptors (Lipinski definition) is 3. The summed E-state index contributed by atoms with van der Waals surface area (Å²) in [5.41, 5.74) is 1.06. The highest BCUT2D eigenvalue weighted by molar-refractivity contribution is 6.30. The first-order chi connectivity index (χ1) is 7.70. The zero-order valence-corrected chi connectivity index (χ0v) is 8.82. The van der Waals surface area contributed by atoms with Gasteiger partial charge in [-0.15, -0.1) is 0 Å². The molecule has 1 aliphatic rings. The van der Waals surface area contributed by atoms with Crippen molar-refractivity contribution >= 4 is 11.6 Å². The van der Waals surface area contributed by atoms with Crippen molar-refractivity contribution in [3.8, 4) is 0 Å². The van der Waals surface area contributed by atoms with Gasteiger partial charge in [0.15, 0.2) is 11.5 Å². The van der Waals surface area contributed by atoms with Crippen LogP contribution in [-0.4, -0.2) is 11.6 Å². The number of fused-ring (bicyclic) bond motifs is 1. The average molecular weight is 214 g/mol. The van der Waals surface area contributed by atoms with E-state index in [0.29, 0.717) is 16.7 Å². The second-order valence-electron chi connectivity index (χ2n) is 3.34. The first-order valence-corrected chi connectivity index (χ1v) is 4.87. The second kappa shape index (κ2) is 3.77. The van der Waals surface area contributed by atoms with Gasteiger partial charge in [-0.2, -0.15) is 0 Å². The molecule has 2 rings (SSSR count). The van der Waals surface area contributed by atoms with Crippen molar-refractivity contribution in [1.29, 1.82) is 0 Å². The molecule has 0 aromatic carbocycles. The van der Waals surface area contributed by atoms with Crippen molar-refractivity contribution in [2.24, 2.45) is 0 Å². The Hall–Kier alpha value is -2.16. The molecule has 3 nitrogen and oxygen atoms in total. The van der Waals surface area contributed by atoms with Gasteiger partial charge in [-0.3, -0.25) is 9.59 Å². The summed E-state index contributed by atoms with van der Waals surface area (Å²) in [5.74, 6) is -0.328. The molecule has 0 amide bonds. The molecule has 1 heterocycles. The van der Waals surface area contributed by atoms with Crippen molar-refractivity contribution in [3.05, 3.63) is 59.6 Å². The van der Waals surface area contributed by atoms with E-state index in [1.165, 1.54) is 18.4 Å². The van der Waals surface area contributed by atoms with E-state index in [-0.39, 0.29) is 17.3 Å². The van der Waals surface area contributed by atoms with Crippen LogP contribution in [0.1, 0.15) is 27.8 Å². The standard InChI is InChI=1S/C13H10O3/c1-3-5-9-8(4-2)12(15)13-10(11(9)14)6-7-16-13/h3-7H,1H2,2H3/b8-4+,9-5+. The van der Waals surface area contributed by atoms with E-state index >= 15 is 0 Å². The van der Waals surface area contributed by atoms with Crippen molar-refractivity contribution in [2.45, 2.75) is 6.92 Å². The lowest BCUT2D eigenvalue weighted by Crippen LogP contribution is -2.21. The molecule has 1 aromatic rings. The minimum atomic E-state index is -0.254. The largest absolute Gasteiger partial charge is 0.460 e. The summed E-state index contributed by atoms with van der Waals surface area (Å²) < 4.78 is 5.03. The first-order valence-electron chi connectivity index (χ1n) is 4.87. The SMILES string of the molecule is C=C/C=C1/C(=O)c2ccoc2C(=O)/C1=C/C. The monoisotopic (exact) mass is 214 g/mol. The molecular formula is C13H10O3. The molecule has 0 spiro atoms. The Morgan fingerprint density at radius 3 is 2.62 bits per heavy atom. The lowest BCUT2D eigenvalue weighted by Gasteiger charge is -2.14. The molecule has 0 saturated heterocycles. The molecule has 0 bridgehead atoms. The highest BCUT2D eigenvalue weighted by Gasteiger charge is 2.34. The van der Waals surface area contributed by atoms with E-state index in [2.05, 4.69) is 6.58 Å². The van der Waals surface area contributed by atoms with Crippen molar-refractivity contribution < 1.29 is 14.0 Å². The van der Waals surface area contributed by atoms with Gasteiger partial charge in [-0.25, -0.2) is 0 Å². The molecule has 1 aliphatic carbocycles. The summed E-state index contributed by atoms with van der Waals surface area (Å²) in [6.45, 7) is 5.25. The summed E-state index contributed by atoms with van der Waals surface area (Å²) >= 11 is 0. The Balaban J connectivity index is 2.71. The third kappa shape index (κ3) is 1.29. The average Bonchev–Trinajstić information content (AvgIpc) is 2.75. The zero-order valence-electron chi connectivity index (χ0n) is 8.82. The third-order valence-corrected chi connectivity index (χ3v) is 2.47. The second-order valence-corrected chi connectivity index (χ2v) is 3.34. The Morgan fingerprint density at radius 1 is 1.25 bits per heavy atom. The quantitative estimate of drug-likeness (QED) is 0.675. The lowest BCUT2D eigenvalue weighted by molar-refractivity contribution is 0.0954.